The molecule has 0 fully saturated rings. The molecule has 12 heavy (non-hydrogen) atoms. The van der Waals surface area contributed by atoms with Gasteiger partial charge in [-0.15, -0.1) is 0 Å². The topological polar surface area (TPSA) is 0 Å². The van der Waals surface area contributed by atoms with Crippen molar-refractivity contribution < 1.29 is 13.2 Å². The van der Waals surface area contributed by atoms with E-state index in [1.807, 2.05) is 0 Å². The van der Waals surface area contributed by atoms with Gasteiger partial charge >= 0.3 is 6.18 Å². The predicted octanol–water partition coefficient (Wildman–Crippen LogP) is 3.62. The van der Waals surface area contributed by atoms with Crippen LogP contribution in [0.3, 0.4) is 0 Å². The molecule has 1 aromatic carbocycles. The second-order valence-electron chi connectivity index (χ2n) is 2.43. The molecule has 0 unspecified atom stereocenters. The highest BCUT2D eigenvalue weighted by Gasteiger charge is 2.32. The third kappa shape index (κ3) is 1.91. The fourth-order valence-corrected chi connectivity index (χ4v) is 1.53. The van der Waals surface area contributed by atoms with Crippen molar-refractivity contribution in [2.24, 2.45) is 0 Å². The first kappa shape index (κ1) is 9.83. The monoisotopic (exact) mass is 286 g/mol. The van der Waals surface area contributed by atoms with E-state index in [0.29, 0.717) is 5.56 Å². The lowest BCUT2D eigenvalue weighted by Gasteiger charge is -2.09. The number of hydrogen-bond donors (Lipinski definition) is 0. The fraction of sp³-hybridized carbons (Fsp3) is 0.250. The summed E-state index contributed by atoms with van der Waals surface area (Å²) in [6, 6.07) is 4.17. The summed E-state index contributed by atoms with van der Waals surface area (Å²) in [5, 5.41) is 0. The van der Waals surface area contributed by atoms with Gasteiger partial charge < -0.3 is 0 Å². The lowest BCUT2D eigenvalue weighted by molar-refractivity contribution is -0.138. The first-order chi connectivity index (χ1) is 5.43. The van der Waals surface area contributed by atoms with Crippen molar-refractivity contribution in [2.75, 3.05) is 0 Å². The van der Waals surface area contributed by atoms with Crippen LogP contribution in [0.25, 0.3) is 0 Å². The van der Waals surface area contributed by atoms with Crippen molar-refractivity contribution in [2.45, 2.75) is 13.1 Å². The number of halogens is 4. The summed E-state index contributed by atoms with van der Waals surface area (Å²) in [4.78, 5) is 0. The molecular weight excluding hydrogens is 280 g/mol. The Hall–Kier alpha value is -0.260. The van der Waals surface area contributed by atoms with Gasteiger partial charge in [0.25, 0.3) is 0 Å². The van der Waals surface area contributed by atoms with E-state index in [2.05, 4.69) is 0 Å². The Morgan fingerprint density at radius 1 is 1.25 bits per heavy atom. The normalized spacial score (nSPS) is 11.8. The molecule has 0 spiro atoms. The quantitative estimate of drug-likeness (QED) is 0.639. The van der Waals surface area contributed by atoms with Crippen molar-refractivity contribution in [1.82, 2.24) is 0 Å². The summed E-state index contributed by atoms with van der Waals surface area (Å²) in [5.74, 6) is 0. The highest BCUT2D eigenvalue weighted by molar-refractivity contribution is 14.1. The van der Waals surface area contributed by atoms with Gasteiger partial charge in [-0.3, -0.25) is 0 Å². The molecule has 0 radical (unpaired) electrons. The molecule has 0 aliphatic carbocycles. The van der Waals surface area contributed by atoms with Gasteiger partial charge in [0.2, 0.25) is 0 Å². The smallest absolute Gasteiger partial charge is 0.166 e. The molecule has 0 amide bonds. The molecular formula is C8H6F3I. The number of rotatable bonds is 0. The molecule has 0 saturated heterocycles. The minimum atomic E-state index is -4.23. The van der Waals surface area contributed by atoms with Gasteiger partial charge in [-0.05, 0) is 41.1 Å². The van der Waals surface area contributed by atoms with E-state index in [4.69, 9.17) is 0 Å². The maximum absolute atomic E-state index is 12.2. The van der Waals surface area contributed by atoms with E-state index in [1.54, 1.807) is 35.6 Å². The van der Waals surface area contributed by atoms with Crippen molar-refractivity contribution in [1.29, 1.82) is 0 Å². The van der Waals surface area contributed by atoms with Gasteiger partial charge in [-0.25, -0.2) is 0 Å². The first-order valence-electron chi connectivity index (χ1n) is 3.25. The number of hydrogen-bond acceptors (Lipinski definition) is 0. The Kier molecular flexibility index (Phi) is 2.65. The van der Waals surface area contributed by atoms with Gasteiger partial charge in [0.1, 0.15) is 0 Å². The Labute approximate surface area is 81.9 Å². The molecule has 0 N–H and O–H groups in total. The van der Waals surface area contributed by atoms with Crippen LogP contribution in [0.1, 0.15) is 11.1 Å². The molecule has 66 valence electrons. The summed E-state index contributed by atoms with van der Waals surface area (Å²) >= 11 is 1.71. The second kappa shape index (κ2) is 3.24. The van der Waals surface area contributed by atoms with Crippen LogP contribution in [0.4, 0.5) is 13.2 Å². The molecule has 1 rings (SSSR count). The Bertz CT molecular complexity index is 291. The van der Waals surface area contributed by atoms with E-state index in [0.717, 1.165) is 6.07 Å². The number of aryl methyl sites for hydroxylation is 1. The van der Waals surface area contributed by atoms with Crippen molar-refractivity contribution in [3.63, 3.8) is 0 Å². The van der Waals surface area contributed by atoms with E-state index in [1.165, 1.54) is 6.07 Å². The second-order valence-corrected chi connectivity index (χ2v) is 3.51. The summed E-state index contributed by atoms with van der Waals surface area (Å²) in [6.45, 7) is 1.66. The third-order valence-electron chi connectivity index (χ3n) is 1.50. The molecule has 1 aromatic rings. The van der Waals surface area contributed by atoms with Crippen molar-refractivity contribution >= 4 is 22.6 Å². The van der Waals surface area contributed by atoms with Crippen LogP contribution in [-0.2, 0) is 6.18 Å². The summed E-state index contributed by atoms with van der Waals surface area (Å²) in [5.41, 5.74) is 0.105. The Balaban J connectivity index is 3.26. The minimum absolute atomic E-state index is 0.280. The number of alkyl halides is 3. The highest BCUT2D eigenvalue weighted by Crippen LogP contribution is 2.33. The molecule has 0 nitrogen and oxygen atoms in total. The third-order valence-corrected chi connectivity index (χ3v) is 2.93. The SMILES string of the molecule is Cc1cccc(C(F)(F)F)c1I. The average molecular weight is 286 g/mol. The lowest BCUT2D eigenvalue weighted by atomic mass is 10.1. The zero-order chi connectivity index (χ0) is 9.35. The molecule has 0 aromatic heterocycles. The van der Waals surface area contributed by atoms with Gasteiger partial charge in [0, 0.05) is 3.57 Å². The van der Waals surface area contributed by atoms with Crippen LogP contribution in [0, 0.1) is 10.5 Å². The van der Waals surface area contributed by atoms with Crippen LogP contribution < -0.4 is 0 Å². The van der Waals surface area contributed by atoms with E-state index in [9.17, 15) is 13.2 Å². The van der Waals surface area contributed by atoms with Crippen LogP contribution in [0.15, 0.2) is 18.2 Å². The minimum Gasteiger partial charge on any atom is -0.166 e. The van der Waals surface area contributed by atoms with Crippen molar-refractivity contribution in [3.8, 4) is 0 Å². The van der Waals surface area contributed by atoms with Crippen LogP contribution >= 0.6 is 22.6 Å². The van der Waals surface area contributed by atoms with Crippen LogP contribution in [-0.4, -0.2) is 0 Å². The summed E-state index contributed by atoms with van der Waals surface area (Å²) < 4.78 is 37.0. The number of benzene rings is 1. The van der Waals surface area contributed by atoms with Crippen LogP contribution in [0.5, 0.6) is 0 Å². The first-order valence-corrected chi connectivity index (χ1v) is 4.33. The standard InChI is InChI=1S/C8H6F3I/c1-5-3-2-4-6(7(5)12)8(9,10)11/h2-4H,1H3. The molecule has 0 atom stereocenters. The largest absolute Gasteiger partial charge is 0.417 e. The zero-order valence-electron chi connectivity index (χ0n) is 6.24. The molecule has 0 bridgehead atoms. The van der Waals surface area contributed by atoms with E-state index >= 15 is 0 Å². The van der Waals surface area contributed by atoms with E-state index in [-0.39, 0.29) is 3.57 Å². The lowest BCUT2D eigenvalue weighted by Crippen LogP contribution is -2.07. The molecule has 0 aliphatic rings. The van der Waals surface area contributed by atoms with Crippen LogP contribution in [0.2, 0.25) is 0 Å². The molecule has 4 heteroatoms. The zero-order valence-corrected chi connectivity index (χ0v) is 8.40. The molecule has 0 aliphatic heterocycles. The Morgan fingerprint density at radius 3 is 2.25 bits per heavy atom. The van der Waals surface area contributed by atoms with Gasteiger partial charge in [0.05, 0.1) is 5.56 Å². The van der Waals surface area contributed by atoms with Crippen molar-refractivity contribution in [3.05, 3.63) is 32.9 Å². The maximum Gasteiger partial charge on any atom is 0.417 e. The fourth-order valence-electron chi connectivity index (χ4n) is 0.866. The van der Waals surface area contributed by atoms with Gasteiger partial charge in [-0.1, -0.05) is 12.1 Å². The van der Waals surface area contributed by atoms with Gasteiger partial charge in [-0.2, -0.15) is 13.2 Å². The summed E-state index contributed by atoms with van der Waals surface area (Å²) in [7, 11) is 0. The maximum atomic E-state index is 12.2. The van der Waals surface area contributed by atoms with Gasteiger partial charge in [0.15, 0.2) is 0 Å². The molecule has 0 saturated carbocycles. The highest BCUT2D eigenvalue weighted by atomic mass is 127. The Morgan fingerprint density at radius 2 is 1.83 bits per heavy atom. The van der Waals surface area contributed by atoms with E-state index < -0.39 is 11.7 Å². The average Bonchev–Trinajstić information content (AvgIpc) is 1.92. The predicted molar refractivity (Wildman–Crippen MR) is 48.9 cm³/mol. The summed E-state index contributed by atoms with van der Waals surface area (Å²) in [6.07, 6.45) is -4.23. The molecule has 0 heterocycles.